The molecule has 1 aromatic heterocycles. The van der Waals surface area contributed by atoms with Gasteiger partial charge in [-0.3, -0.25) is 0 Å². The normalized spacial score (nSPS) is 11.4. The second kappa shape index (κ2) is 15.8. The van der Waals surface area contributed by atoms with Gasteiger partial charge in [-0.15, -0.1) is 0 Å². The van der Waals surface area contributed by atoms with Crippen molar-refractivity contribution in [2.45, 2.75) is 0 Å². The van der Waals surface area contributed by atoms with Crippen molar-refractivity contribution in [1.82, 2.24) is 4.57 Å². The third-order valence-corrected chi connectivity index (χ3v) is 12.8. The quantitative estimate of drug-likeness (QED) is 0.148. The minimum atomic E-state index is 1.08. The molecule has 64 heavy (non-hydrogen) atoms. The van der Waals surface area contributed by atoms with Gasteiger partial charge in [-0.25, -0.2) is 0 Å². The Morgan fingerprint density at radius 3 is 1.73 bits per heavy atom. The minimum absolute atomic E-state index is 1.08. The molecule has 0 bridgehead atoms. The molecule has 0 spiro atoms. The number of nitrogens with zero attached hydrogens (tertiary/aromatic N) is 2. The molecule has 2 nitrogen and oxygen atoms in total. The number of hydrogen-bond donors (Lipinski definition) is 0. The van der Waals surface area contributed by atoms with Crippen LogP contribution in [0.1, 0.15) is 0 Å². The molecule has 0 aliphatic heterocycles. The Kier molecular flexibility index (Phi) is 9.20. The summed E-state index contributed by atoms with van der Waals surface area (Å²) >= 11 is 0. The van der Waals surface area contributed by atoms with Gasteiger partial charge in [0.25, 0.3) is 0 Å². The lowest BCUT2D eigenvalue weighted by Gasteiger charge is -2.29. The summed E-state index contributed by atoms with van der Waals surface area (Å²) in [6.07, 6.45) is 0. The number of benzene rings is 11. The van der Waals surface area contributed by atoms with E-state index in [9.17, 15) is 0 Å². The van der Waals surface area contributed by atoms with Gasteiger partial charge in [0.1, 0.15) is 0 Å². The van der Waals surface area contributed by atoms with E-state index < -0.39 is 0 Å². The topological polar surface area (TPSA) is 8.17 Å². The molecule has 12 aromatic rings. The van der Waals surface area contributed by atoms with Gasteiger partial charge in [-0.2, -0.15) is 0 Å². The highest BCUT2D eigenvalue weighted by Crippen LogP contribution is 2.46. The predicted octanol–water partition coefficient (Wildman–Crippen LogP) is 17.2. The molecular weight excluding hydrogens is 773 g/mol. The highest BCUT2D eigenvalue weighted by atomic mass is 15.1. The summed E-state index contributed by atoms with van der Waals surface area (Å²) in [5.41, 5.74) is 16.3. The van der Waals surface area contributed by atoms with Crippen molar-refractivity contribution in [3.63, 3.8) is 0 Å². The lowest BCUT2D eigenvalue weighted by Crippen LogP contribution is -2.11. The second-order valence-electron chi connectivity index (χ2n) is 16.5. The van der Waals surface area contributed by atoms with Crippen LogP contribution in [0.2, 0.25) is 0 Å². The average molecular weight is 815 g/mol. The number of hydrogen-bond acceptors (Lipinski definition) is 1. The minimum Gasteiger partial charge on any atom is -0.310 e. The van der Waals surface area contributed by atoms with Gasteiger partial charge in [0.15, 0.2) is 0 Å². The van der Waals surface area contributed by atoms with Crippen molar-refractivity contribution in [3.05, 3.63) is 255 Å². The summed E-state index contributed by atoms with van der Waals surface area (Å²) in [5, 5.41) is 7.41. The summed E-state index contributed by atoms with van der Waals surface area (Å²) in [4.78, 5) is 2.44. The van der Waals surface area contributed by atoms with Crippen LogP contribution in [0.25, 0.3) is 93.5 Å². The third kappa shape index (κ3) is 6.44. The van der Waals surface area contributed by atoms with E-state index in [1.165, 1.54) is 76.7 Å². The van der Waals surface area contributed by atoms with E-state index in [1.54, 1.807) is 0 Å². The van der Waals surface area contributed by atoms with Gasteiger partial charge < -0.3 is 9.47 Å². The molecule has 0 unspecified atom stereocenters. The maximum absolute atomic E-state index is 2.44. The molecule has 300 valence electrons. The molecule has 0 amide bonds. The Morgan fingerprint density at radius 2 is 0.891 bits per heavy atom. The van der Waals surface area contributed by atoms with Crippen LogP contribution in [0.5, 0.6) is 0 Å². The number of fused-ring (bicyclic) bond motifs is 5. The molecule has 0 radical (unpaired) electrons. The standard InChI is InChI=1S/C62H42N2/c1-3-18-45(19-4-1)53-29-14-21-46-22-15-31-57(61(46)53)55-27-9-11-33-59(55)63(51-39-37-44(38-40-51)48-36-35-43-17-7-8-20-47(43)41-48)52-26-13-23-49(42-52)54-30-16-32-58-56-28-10-12-34-60(56)64(62(54)58)50-24-5-2-6-25-50/h1-42H. The Balaban J connectivity index is 1.07. The van der Waals surface area contributed by atoms with Gasteiger partial charge >= 0.3 is 0 Å². The van der Waals surface area contributed by atoms with E-state index in [1.807, 2.05) is 0 Å². The van der Waals surface area contributed by atoms with E-state index in [0.717, 1.165) is 33.9 Å². The largest absolute Gasteiger partial charge is 0.310 e. The molecule has 0 aliphatic carbocycles. The van der Waals surface area contributed by atoms with Gasteiger partial charge in [0, 0.05) is 39.0 Å². The van der Waals surface area contributed by atoms with Crippen LogP contribution < -0.4 is 4.90 Å². The third-order valence-electron chi connectivity index (χ3n) is 12.8. The molecule has 0 fully saturated rings. The van der Waals surface area contributed by atoms with Gasteiger partial charge in [-0.1, -0.05) is 200 Å². The SMILES string of the molecule is c1ccc(-c2cccc3cccc(-c4ccccc4N(c4ccc(-c5ccc6ccccc6c5)cc4)c4cccc(-c5cccc6c7ccccc7n(-c7ccccc7)c56)c4)c23)cc1. The first kappa shape index (κ1) is 37.3. The zero-order valence-corrected chi connectivity index (χ0v) is 35.1. The molecular formula is C62H42N2. The summed E-state index contributed by atoms with van der Waals surface area (Å²) in [6.45, 7) is 0. The summed E-state index contributed by atoms with van der Waals surface area (Å²) in [6, 6.07) is 92.8. The second-order valence-corrected chi connectivity index (χ2v) is 16.5. The highest BCUT2D eigenvalue weighted by Gasteiger charge is 2.22. The van der Waals surface area contributed by atoms with E-state index in [-0.39, 0.29) is 0 Å². The fourth-order valence-corrected chi connectivity index (χ4v) is 9.83. The fraction of sp³-hybridized carbons (Fsp3) is 0. The summed E-state index contributed by atoms with van der Waals surface area (Å²) in [7, 11) is 0. The smallest absolute Gasteiger partial charge is 0.0619 e. The van der Waals surface area contributed by atoms with Crippen LogP contribution >= 0.6 is 0 Å². The fourth-order valence-electron chi connectivity index (χ4n) is 9.83. The van der Waals surface area contributed by atoms with Crippen LogP contribution in [-0.4, -0.2) is 4.57 Å². The Bertz CT molecular complexity index is 3650. The Hall–Kier alpha value is -8.46. The van der Waals surface area contributed by atoms with Crippen LogP contribution in [-0.2, 0) is 0 Å². The summed E-state index contributed by atoms with van der Waals surface area (Å²) in [5.74, 6) is 0. The molecule has 2 heteroatoms. The zero-order valence-electron chi connectivity index (χ0n) is 35.1. The van der Waals surface area contributed by atoms with Crippen molar-refractivity contribution in [2.24, 2.45) is 0 Å². The van der Waals surface area contributed by atoms with Crippen molar-refractivity contribution >= 4 is 60.4 Å². The summed E-state index contributed by atoms with van der Waals surface area (Å²) < 4.78 is 2.43. The zero-order chi connectivity index (χ0) is 42.4. The van der Waals surface area contributed by atoms with Crippen LogP contribution in [0, 0.1) is 0 Å². The van der Waals surface area contributed by atoms with Crippen molar-refractivity contribution in [1.29, 1.82) is 0 Å². The maximum atomic E-state index is 2.44. The lowest BCUT2D eigenvalue weighted by atomic mass is 9.90. The number of aromatic nitrogens is 1. The molecule has 1 heterocycles. The van der Waals surface area contributed by atoms with Crippen LogP contribution in [0.4, 0.5) is 17.1 Å². The Morgan fingerprint density at radius 1 is 0.297 bits per heavy atom. The molecule has 0 N–H and O–H groups in total. The number of para-hydroxylation sites is 4. The number of anilines is 3. The van der Waals surface area contributed by atoms with Gasteiger partial charge in [0.05, 0.1) is 16.7 Å². The first-order chi connectivity index (χ1) is 31.8. The van der Waals surface area contributed by atoms with Crippen LogP contribution in [0.3, 0.4) is 0 Å². The lowest BCUT2D eigenvalue weighted by molar-refractivity contribution is 1.18. The maximum Gasteiger partial charge on any atom is 0.0619 e. The van der Waals surface area contributed by atoms with Crippen molar-refractivity contribution < 1.29 is 0 Å². The molecule has 0 atom stereocenters. The predicted molar refractivity (Wildman–Crippen MR) is 272 cm³/mol. The van der Waals surface area contributed by atoms with E-state index in [0.29, 0.717) is 0 Å². The molecule has 0 aliphatic rings. The van der Waals surface area contributed by atoms with E-state index in [4.69, 9.17) is 0 Å². The first-order valence-corrected chi connectivity index (χ1v) is 22.0. The van der Waals surface area contributed by atoms with Gasteiger partial charge in [0.2, 0.25) is 0 Å². The monoisotopic (exact) mass is 814 g/mol. The molecule has 12 rings (SSSR count). The van der Waals surface area contributed by atoms with Crippen LogP contribution in [0.15, 0.2) is 255 Å². The van der Waals surface area contributed by atoms with Crippen molar-refractivity contribution in [2.75, 3.05) is 4.90 Å². The number of rotatable bonds is 8. The first-order valence-electron chi connectivity index (χ1n) is 22.0. The van der Waals surface area contributed by atoms with Crippen molar-refractivity contribution in [3.8, 4) is 50.2 Å². The molecule has 0 saturated heterocycles. The molecule has 0 saturated carbocycles. The van der Waals surface area contributed by atoms with Gasteiger partial charge in [-0.05, 0) is 110 Å². The Labute approximate surface area is 373 Å². The molecule has 11 aromatic carbocycles. The average Bonchev–Trinajstić information content (AvgIpc) is 3.72. The van der Waals surface area contributed by atoms with E-state index in [2.05, 4.69) is 264 Å². The highest BCUT2D eigenvalue weighted by molar-refractivity contribution is 6.14. The van der Waals surface area contributed by atoms with E-state index >= 15 is 0 Å².